The summed E-state index contributed by atoms with van der Waals surface area (Å²) in [7, 11) is 0. The van der Waals surface area contributed by atoms with Crippen LogP contribution in [-0.4, -0.2) is 0 Å². The van der Waals surface area contributed by atoms with E-state index in [9.17, 15) is 0 Å². The highest BCUT2D eigenvalue weighted by Crippen LogP contribution is 2.38. The summed E-state index contributed by atoms with van der Waals surface area (Å²) >= 11 is 0. The number of allylic oxidation sites excluding steroid dienone is 1. The van der Waals surface area contributed by atoms with E-state index in [4.69, 9.17) is 0 Å². The van der Waals surface area contributed by atoms with E-state index < -0.39 is 0 Å². The fraction of sp³-hybridized carbons (Fsp3) is 0.462. The standard InChI is InChI=1S/C26H32/c1-3-19(2)22-12-14-23(15-13-22)25-11-7-10-24-17-21(18-26(24)25)16-20-8-5-4-6-9-20/h7,10-15,18-20H,3-6,8-9,16-17H2,1-2H3. The Morgan fingerprint density at radius 3 is 2.46 bits per heavy atom. The lowest BCUT2D eigenvalue weighted by atomic mass is 9.84. The number of fused-ring (bicyclic) bond motifs is 1. The van der Waals surface area contributed by atoms with Crippen LogP contribution < -0.4 is 0 Å². The van der Waals surface area contributed by atoms with E-state index in [-0.39, 0.29) is 0 Å². The molecule has 2 aliphatic rings. The molecule has 1 saturated carbocycles. The average molecular weight is 345 g/mol. The highest BCUT2D eigenvalue weighted by molar-refractivity contribution is 5.80. The molecule has 136 valence electrons. The van der Waals surface area contributed by atoms with Crippen molar-refractivity contribution >= 4 is 6.08 Å². The van der Waals surface area contributed by atoms with Gasteiger partial charge in [0.25, 0.3) is 0 Å². The number of rotatable bonds is 5. The van der Waals surface area contributed by atoms with Crippen LogP contribution in [0.1, 0.15) is 81.4 Å². The van der Waals surface area contributed by atoms with Crippen molar-refractivity contribution in [2.75, 3.05) is 0 Å². The average Bonchev–Trinajstić information content (AvgIpc) is 3.10. The van der Waals surface area contributed by atoms with Gasteiger partial charge in [-0.05, 0) is 58.9 Å². The summed E-state index contributed by atoms with van der Waals surface area (Å²) in [4.78, 5) is 0. The van der Waals surface area contributed by atoms with Crippen molar-refractivity contribution in [2.45, 2.75) is 71.1 Å². The van der Waals surface area contributed by atoms with E-state index in [1.165, 1.54) is 79.2 Å². The minimum absolute atomic E-state index is 0.646. The molecular weight excluding hydrogens is 312 g/mol. The summed E-state index contributed by atoms with van der Waals surface area (Å²) in [5.41, 5.74) is 8.91. The Hall–Kier alpha value is -1.82. The Morgan fingerprint density at radius 2 is 1.73 bits per heavy atom. The maximum absolute atomic E-state index is 2.52. The van der Waals surface area contributed by atoms with Crippen LogP contribution in [0.2, 0.25) is 0 Å². The molecule has 1 fully saturated rings. The van der Waals surface area contributed by atoms with Gasteiger partial charge in [-0.1, -0.05) is 100 Å². The van der Waals surface area contributed by atoms with Crippen LogP contribution >= 0.6 is 0 Å². The van der Waals surface area contributed by atoms with Crippen LogP contribution in [0.5, 0.6) is 0 Å². The van der Waals surface area contributed by atoms with Gasteiger partial charge in [0.1, 0.15) is 0 Å². The topological polar surface area (TPSA) is 0 Å². The van der Waals surface area contributed by atoms with Crippen molar-refractivity contribution in [2.24, 2.45) is 5.92 Å². The molecule has 0 heterocycles. The predicted molar refractivity (Wildman–Crippen MR) is 113 cm³/mol. The molecule has 0 N–H and O–H groups in total. The maximum Gasteiger partial charge on any atom is -0.00575 e. The van der Waals surface area contributed by atoms with Crippen molar-refractivity contribution in [3.63, 3.8) is 0 Å². The smallest absolute Gasteiger partial charge is 0.00575 e. The first-order chi connectivity index (χ1) is 12.7. The van der Waals surface area contributed by atoms with E-state index in [2.05, 4.69) is 62.4 Å². The van der Waals surface area contributed by atoms with Gasteiger partial charge in [-0.15, -0.1) is 0 Å². The summed E-state index contributed by atoms with van der Waals surface area (Å²) in [6.45, 7) is 4.58. The summed E-state index contributed by atoms with van der Waals surface area (Å²) < 4.78 is 0. The largest absolute Gasteiger partial charge is 0.0649 e. The van der Waals surface area contributed by atoms with E-state index >= 15 is 0 Å². The third kappa shape index (κ3) is 3.65. The summed E-state index contributed by atoms with van der Waals surface area (Å²) in [6, 6.07) is 16.2. The van der Waals surface area contributed by atoms with E-state index in [0.29, 0.717) is 5.92 Å². The summed E-state index contributed by atoms with van der Waals surface area (Å²) in [5.74, 6) is 1.58. The van der Waals surface area contributed by atoms with Crippen LogP contribution in [-0.2, 0) is 6.42 Å². The second-order valence-corrected chi connectivity index (χ2v) is 8.50. The molecule has 2 aliphatic carbocycles. The quantitative estimate of drug-likeness (QED) is 0.519. The zero-order valence-corrected chi connectivity index (χ0v) is 16.4. The van der Waals surface area contributed by atoms with Crippen molar-refractivity contribution in [3.05, 3.63) is 64.7 Å². The molecule has 0 aliphatic heterocycles. The molecule has 1 atom stereocenters. The molecule has 0 nitrogen and oxygen atoms in total. The highest BCUT2D eigenvalue weighted by atomic mass is 14.3. The Labute approximate surface area is 159 Å². The monoisotopic (exact) mass is 344 g/mol. The van der Waals surface area contributed by atoms with Crippen LogP contribution in [0.4, 0.5) is 0 Å². The number of benzene rings is 2. The van der Waals surface area contributed by atoms with Gasteiger partial charge in [0.15, 0.2) is 0 Å². The van der Waals surface area contributed by atoms with Crippen LogP contribution in [0, 0.1) is 5.92 Å². The van der Waals surface area contributed by atoms with Gasteiger partial charge in [0.05, 0.1) is 0 Å². The van der Waals surface area contributed by atoms with E-state index in [1.807, 2.05) is 0 Å². The fourth-order valence-corrected chi connectivity index (χ4v) is 4.81. The van der Waals surface area contributed by atoms with Gasteiger partial charge >= 0.3 is 0 Å². The van der Waals surface area contributed by atoms with Crippen molar-refractivity contribution < 1.29 is 0 Å². The Morgan fingerprint density at radius 1 is 0.962 bits per heavy atom. The summed E-state index contributed by atoms with van der Waals surface area (Å²) in [6.07, 6.45) is 13.4. The molecule has 0 spiro atoms. The van der Waals surface area contributed by atoms with Gasteiger partial charge in [-0.25, -0.2) is 0 Å². The minimum Gasteiger partial charge on any atom is -0.0649 e. The Balaban J connectivity index is 1.57. The van der Waals surface area contributed by atoms with Crippen molar-refractivity contribution in [3.8, 4) is 11.1 Å². The van der Waals surface area contributed by atoms with Gasteiger partial charge in [-0.2, -0.15) is 0 Å². The van der Waals surface area contributed by atoms with Gasteiger partial charge in [0, 0.05) is 0 Å². The second kappa shape index (κ2) is 7.82. The molecule has 0 heteroatoms. The fourth-order valence-electron chi connectivity index (χ4n) is 4.81. The normalized spacial score (nSPS) is 18.5. The third-order valence-electron chi connectivity index (χ3n) is 6.64. The molecular formula is C26H32. The zero-order valence-electron chi connectivity index (χ0n) is 16.4. The molecule has 0 aromatic heterocycles. The molecule has 26 heavy (non-hydrogen) atoms. The second-order valence-electron chi connectivity index (χ2n) is 8.50. The van der Waals surface area contributed by atoms with Crippen LogP contribution in [0.3, 0.4) is 0 Å². The SMILES string of the molecule is CCC(C)c1ccc(-c2cccc3c2C=C(CC2CCCCC2)C3)cc1. The van der Waals surface area contributed by atoms with Crippen molar-refractivity contribution in [1.29, 1.82) is 0 Å². The number of hydrogen-bond donors (Lipinski definition) is 0. The number of hydrogen-bond acceptors (Lipinski definition) is 0. The summed E-state index contributed by atoms with van der Waals surface area (Å²) in [5, 5.41) is 0. The molecule has 0 radical (unpaired) electrons. The highest BCUT2D eigenvalue weighted by Gasteiger charge is 2.21. The van der Waals surface area contributed by atoms with Crippen LogP contribution in [0.15, 0.2) is 48.0 Å². The van der Waals surface area contributed by atoms with Gasteiger partial charge < -0.3 is 0 Å². The molecule has 2 aromatic carbocycles. The Bertz CT molecular complexity index is 772. The van der Waals surface area contributed by atoms with E-state index in [0.717, 1.165) is 5.92 Å². The van der Waals surface area contributed by atoms with Gasteiger partial charge in [0.2, 0.25) is 0 Å². The maximum atomic E-state index is 2.52. The van der Waals surface area contributed by atoms with Crippen molar-refractivity contribution in [1.82, 2.24) is 0 Å². The first kappa shape index (κ1) is 17.6. The molecule has 4 rings (SSSR count). The predicted octanol–water partition coefficient (Wildman–Crippen LogP) is 7.78. The lowest BCUT2D eigenvalue weighted by Gasteiger charge is -2.21. The molecule has 1 unspecified atom stereocenters. The minimum atomic E-state index is 0.646. The van der Waals surface area contributed by atoms with Crippen LogP contribution in [0.25, 0.3) is 17.2 Å². The Kier molecular flexibility index (Phi) is 5.29. The van der Waals surface area contributed by atoms with Gasteiger partial charge in [-0.3, -0.25) is 0 Å². The zero-order chi connectivity index (χ0) is 17.9. The molecule has 0 bridgehead atoms. The molecule has 2 aromatic rings. The first-order valence-corrected chi connectivity index (χ1v) is 10.7. The first-order valence-electron chi connectivity index (χ1n) is 10.7. The molecule has 0 amide bonds. The lowest BCUT2D eigenvalue weighted by molar-refractivity contribution is 0.355. The third-order valence-corrected chi connectivity index (χ3v) is 6.64. The lowest BCUT2D eigenvalue weighted by Crippen LogP contribution is -2.07. The molecule has 0 saturated heterocycles. The van der Waals surface area contributed by atoms with E-state index in [1.54, 1.807) is 5.57 Å².